The van der Waals surface area contributed by atoms with Gasteiger partial charge in [0.1, 0.15) is 11.6 Å². The molecule has 8 heteroatoms. The van der Waals surface area contributed by atoms with Gasteiger partial charge >= 0.3 is 0 Å². The van der Waals surface area contributed by atoms with E-state index >= 15 is 0 Å². The molecule has 188 valence electrons. The van der Waals surface area contributed by atoms with Gasteiger partial charge in [0.05, 0.1) is 25.3 Å². The number of carbonyl (C=O) groups is 1. The molecule has 5 rings (SSSR count). The fraction of sp³-hybridized carbons (Fsp3) is 0.321. The number of hydrogen-bond acceptors (Lipinski definition) is 6. The third-order valence-corrected chi connectivity index (χ3v) is 6.75. The Bertz CT molecular complexity index is 1200. The Morgan fingerprint density at radius 2 is 1.75 bits per heavy atom. The van der Waals surface area contributed by atoms with Gasteiger partial charge in [0.2, 0.25) is 12.7 Å². The lowest BCUT2D eigenvalue weighted by atomic mass is 10.0. The van der Waals surface area contributed by atoms with Crippen molar-refractivity contribution in [3.8, 4) is 17.2 Å². The zero-order valence-electron chi connectivity index (χ0n) is 20.3. The fourth-order valence-corrected chi connectivity index (χ4v) is 4.76. The summed E-state index contributed by atoms with van der Waals surface area (Å²) in [6, 6.07) is 20.3. The largest absolute Gasteiger partial charge is 0.497 e. The number of fused-ring (bicyclic) bond motifs is 1. The van der Waals surface area contributed by atoms with Gasteiger partial charge in [0.15, 0.2) is 11.5 Å². The lowest BCUT2D eigenvalue weighted by Gasteiger charge is -2.40. The summed E-state index contributed by atoms with van der Waals surface area (Å²) < 4.78 is 30.6. The molecule has 2 aliphatic heterocycles. The second kappa shape index (κ2) is 10.9. The zero-order chi connectivity index (χ0) is 24.9. The molecule has 2 aliphatic rings. The minimum absolute atomic E-state index is 0.0455. The van der Waals surface area contributed by atoms with Crippen LogP contribution in [0.15, 0.2) is 66.7 Å². The van der Waals surface area contributed by atoms with Crippen LogP contribution < -0.4 is 24.4 Å². The van der Waals surface area contributed by atoms with Gasteiger partial charge in [0, 0.05) is 32.7 Å². The predicted molar refractivity (Wildman–Crippen MR) is 135 cm³/mol. The van der Waals surface area contributed by atoms with Gasteiger partial charge in [-0.2, -0.15) is 0 Å². The monoisotopic (exact) mass is 491 g/mol. The summed E-state index contributed by atoms with van der Waals surface area (Å²) in [5.41, 5.74) is 2.60. The Labute approximate surface area is 210 Å². The standard InChI is InChI=1S/C28H30FN3O4/c1-34-22-9-6-20(7-10-22)16-28(33)30-18-25(21-8-11-26-27(17-21)36-19-35-26)32-14-12-31(13-15-32)24-5-3-2-4-23(24)29/h2-11,17,25H,12-16,18-19H2,1H3,(H,30,33)/t25-/m1/s1. The van der Waals surface area contributed by atoms with Crippen molar-refractivity contribution in [1.82, 2.24) is 10.2 Å². The minimum atomic E-state index is -0.205. The second-order valence-electron chi connectivity index (χ2n) is 8.93. The molecule has 36 heavy (non-hydrogen) atoms. The van der Waals surface area contributed by atoms with E-state index in [1.165, 1.54) is 6.07 Å². The fourth-order valence-electron chi connectivity index (χ4n) is 4.76. The number of piperazine rings is 1. The highest BCUT2D eigenvalue weighted by atomic mass is 19.1. The van der Waals surface area contributed by atoms with Crippen LogP contribution in [-0.4, -0.2) is 57.4 Å². The number of amides is 1. The third kappa shape index (κ3) is 5.39. The number of halogens is 1. The minimum Gasteiger partial charge on any atom is -0.497 e. The van der Waals surface area contributed by atoms with E-state index in [0.717, 1.165) is 35.7 Å². The van der Waals surface area contributed by atoms with Crippen molar-refractivity contribution in [1.29, 1.82) is 0 Å². The number of methoxy groups -OCH3 is 1. The SMILES string of the molecule is COc1ccc(CC(=O)NC[C@H](c2ccc3c(c2)OCO3)N2CCN(c3ccccc3F)CC2)cc1. The second-order valence-corrected chi connectivity index (χ2v) is 8.93. The highest BCUT2D eigenvalue weighted by molar-refractivity contribution is 5.78. The Morgan fingerprint density at radius 1 is 1.00 bits per heavy atom. The molecule has 0 bridgehead atoms. The van der Waals surface area contributed by atoms with Crippen molar-refractivity contribution in [2.24, 2.45) is 0 Å². The number of nitrogens with zero attached hydrogens (tertiary/aromatic N) is 2. The van der Waals surface area contributed by atoms with E-state index in [1.54, 1.807) is 13.2 Å². The normalized spacial score (nSPS) is 16.0. The topological polar surface area (TPSA) is 63.3 Å². The smallest absolute Gasteiger partial charge is 0.231 e. The molecule has 7 nitrogen and oxygen atoms in total. The number of ether oxygens (including phenoxy) is 3. The van der Waals surface area contributed by atoms with E-state index in [9.17, 15) is 9.18 Å². The molecule has 0 saturated carbocycles. The number of para-hydroxylation sites is 1. The highest BCUT2D eigenvalue weighted by Crippen LogP contribution is 2.36. The molecular formula is C28H30FN3O4. The first kappa shape index (κ1) is 23.9. The van der Waals surface area contributed by atoms with Gasteiger partial charge in [-0.15, -0.1) is 0 Å². The van der Waals surface area contributed by atoms with Crippen molar-refractivity contribution in [2.75, 3.05) is 51.5 Å². The summed E-state index contributed by atoms with van der Waals surface area (Å²) in [6.07, 6.45) is 0.291. The van der Waals surface area contributed by atoms with Crippen molar-refractivity contribution in [3.63, 3.8) is 0 Å². The summed E-state index contributed by atoms with van der Waals surface area (Å²) in [5, 5.41) is 3.12. The quantitative estimate of drug-likeness (QED) is 0.518. The molecular weight excluding hydrogens is 461 g/mol. The number of rotatable bonds is 8. The van der Waals surface area contributed by atoms with Gasteiger partial charge in [-0.3, -0.25) is 9.69 Å². The van der Waals surface area contributed by atoms with Crippen LogP contribution in [0.25, 0.3) is 0 Å². The first-order valence-corrected chi connectivity index (χ1v) is 12.1. The molecule has 1 atom stereocenters. The maximum atomic E-state index is 14.3. The molecule has 2 heterocycles. The number of anilines is 1. The lowest BCUT2D eigenvalue weighted by molar-refractivity contribution is -0.120. The summed E-state index contributed by atoms with van der Waals surface area (Å²) >= 11 is 0. The van der Waals surface area contributed by atoms with Crippen LogP contribution in [-0.2, 0) is 11.2 Å². The maximum Gasteiger partial charge on any atom is 0.231 e. The third-order valence-electron chi connectivity index (χ3n) is 6.75. The molecule has 3 aromatic rings. The molecule has 0 spiro atoms. The van der Waals surface area contributed by atoms with Crippen LogP contribution in [0.3, 0.4) is 0 Å². The molecule has 1 amide bonds. The average molecular weight is 492 g/mol. The van der Waals surface area contributed by atoms with Crippen molar-refractivity contribution < 1.29 is 23.4 Å². The van der Waals surface area contributed by atoms with Crippen LogP contribution in [0.4, 0.5) is 10.1 Å². The molecule has 0 radical (unpaired) electrons. The summed E-state index contributed by atoms with van der Waals surface area (Å²) in [7, 11) is 1.62. The number of hydrogen-bond donors (Lipinski definition) is 1. The van der Waals surface area contributed by atoms with Gasteiger partial charge in [-0.1, -0.05) is 30.3 Å². The summed E-state index contributed by atoms with van der Waals surface area (Å²) in [5.74, 6) is 1.95. The van der Waals surface area contributed by atoms with E-state index in [2.05, 4.69) is 15.1 Å². The number of nitrogens with one attached hydrogen (secondary N) is 1. The Balaban J connectivity index is 1.27. The summed E-state index contributed by atoms with van der Waals surface area (Å²) in [6.45, 7) is 3.53. The number of carbonyl (C=O) groups excluding carboxylic acids is 1. The Morgan fingerprint density at radius 3 is 2.50 bits per heavy atom. The van der Waals surface area contributed by atoms with Gasteiger partial charge in [0.25, 0.3) is 0 Å². The Kier molecular flexibility index (Phi) is 7.23. The van der Waals surface area contributed by atoms with E-state index < -0.39 is 0 Å². The lowest BCUT2D eigenvalue weighted by Crippen LogP contribution is -2.50. The molecule has 1 N–H and O–H groups in total. The first-order valence-electron chi connectivity index (χ1n) is 12.1. The van der Waals surface area contributed by atoms with E-state index in [1.807, 2.05) is 54.6 Å². The van der Waals surface area contributed by atoms with Crippen LogP contribution in [0, 0.1) is 5.82 Å². The maximum absolute atomic E-state index is 14.3. The molecule has 3 aromatic carbocycles. The van der Waals surface area contributed by atoms with Crippen molar-refractivity contribution >= 4 is 11.6 Å². The van der Waals surface area contributed by atoms with Crippen LogP contribution >= 0.6 is 0 Å². The van der Waals surface area contributed by atoms with Crippen LogP contribution in [0.5, 0.6) is 17.2 Å². The number of benzene rings is 3. The Hall–Kier alpha value is -3.78. The molecule has 0 aromatic heterocycles. The van der Waals surface area contributed by atoms with Crippen LogP contribution in [0.2, 0.25) is 0 Å². The van der Waals surface area contributed by atoms with Gasteiger partial charge < -0.3 is 24.4 Å². The van der Waals surface area contributed by atoms with Crippen molar-refractivity contribution in [2.45, 2.75) is 12.5 Å². The van der Waals surface area contributed by atoms with Gasteiger partial charge in [-0.25, -0.2) is 4.39 Å². The van der Waals surface area contributed by atoms with E-state index in [4.69, 9.17) is 14.2 Å². The predicted octanol–water partition coefficient (Wildman–Crippen LogP) is 3.79. The summed E-state index contributed by atoms with van der Waals surface area (Å²) in [4.78, 5) is 17.2. The first-order chi connectivity index (χ1) is 17.6. The van der Waals surface area contributed by atoms with Crippen LogP contribution in [0.1, 0.15) is 17.2 Å². The average Bonchev–Trinajstić information content (AvgIpc) is 3.38. The van der Waals surface area contributed by atoms with E-state index in [-0.39, 0.29) is 24.6 Å². The highest BCUT2D eigenvalue weighted by Gasteiger charge is 2.28. The van der Waals surface area contributed by atoms with E-state index in [0.29, 0.717) is 37.5 Å². The van der Waals surface area contributed by atoms with Crippen molar-refractivity contribution in [3.05, 3.63) is 83.7 Å². The molecule has 0 unspecified atom stereocenters. The molecule has 1 fully saturated rings. The zero-order valence-corrected chi connectivity index (χ0v) is 20.3. The molecule has 0 aliphatic carbocycles. The molecule has 1 saturated heterocycles. The van der Waals surface area contributed by atoms with Gasteiger partial charge in [-0.05, 0) is 47.5 Å².